The van der Waals surface area contributed by atoms with E-state index < -0.39 is 6.04 Å². The molecular formula is C18H29N3O. The summed E-state index contributed by atoms with van der Waals surface area (Å²) >= 11 is 0. The summed E-state index contributed by atoms with van der Waals surface area (Å²) in [5, 5.41) is 0. The van der Waals surface area contributed by atoms with E-state index in [4.69, 9.17) is 5.73 Å². The summed E-state index contributed by atoms with van der Waals surface area (Å²) in [4.78, 5) is 16.7. The molecular weight excluding hydrogens is 274 g/mol. The molecule has 0 radical (unpaired) electrons. The number of likely N-dealkylation sites (tertiary alicyclic amines) is 1. The van der Waals surface area contributed by atoms with Crippen molar-refractivity contribution < 1.29 is 4.79 Å². The lowest BCUT2D eigenvalue weighted by molar-refractivity contribution is -0.133. The van der Waals surface area contributed by atoms with E-state index in [0.29, 0.717) is 12.1 Å². The van der Waals surface area contributed by atoms with Gasteiger partial charge in [-0.05, 0) is 39.2 Å². The molecule has 1 heterocycles. The first-order valence-corrected chi connectivity index (χ1v) is 8.33. The Morgan fingerprint density at radius 3 is 2.59 bits per heavy atom. The molecule has 4 heteroatoms. The van der Waals surface area contributed by atoms with Crippen molar-refractivity contribution in [1.29, 1.82) is 0 Å². The monoisotopic (exact) mass is 303 g/mol. The van der Waals surface area contributed by atoms with Gasteiger partial charge in [0.25, 0.3) is 0 Å². The van der Waals surface area contributed by atoms with E-state index in [1.807, 2.05) is 11.0 Å². The van der Waals surface area contributed by atoms with Crippen molar-refractivity contribution in [3.63, 3.8) is 0 Å². The highest BCUT2D eigenvalue weighted by molar-refractivity contribution is 5.81. The van der Waals surface area contributed by atoms with E-state index in [1.54, 1.807) is 6.92 Å². The van der Waals surface area contributed by atoms with Crippen LogP contribution in [-0.2, 0) is 11.3 Å². The lowest BCUT2D eigenvalue weighted by Gasteiger charge is -2.34. The van der Waals surface area contributed by atoms with Gasteiger partial charge in [0, 0.05) is 31.7 Å². The molecule has 4 nitrogen and oxygen atoms in total. The first-order valence-electron chi connectivity index (χ1n) is 8.33. The van der Waals surface area contributed by atoms with E-state index in [2.05, 4.69) is 43.0 Å². The summed E-state index contributed by atoms with van der Waals surface area (Å²) in [6, 6.07) is 10.9. The van der Waals surface area contributed by atoms with Gasteiger partial charge in [0.1, 0.15) is 0 Å². The van der Waals surface area contributed by atoms with Crippen LogP contribution in [0.15, 0.2) is 30.3 Å². The van der Waals surface area contributed by atoms with Crippen molar-refractivity contribution in [2.45, 2.75) is 58.3 Å². The molecule has 0 bridgehead atoms. The Balaban J connectivity index is 2.02. The topological polar surface area (TPSA) is 49.6 Å². The number of hydrogen-bond donors (Lipinski definition) is 1. The van der Waals surface area contributed by atoms with Crippen molar-refractivity contribution in [3.8, 4) is 0 Å². The molecule has 2 unspecified atom stereocenters. The molecule has 0 aliphatic carbocycles. The summed E-state index contributed by atoms with van der Waals surface area (Å²) in [6.07, 6.45) is 2.16. The molecule has 122 valence electrons. The predicted octanol–water partition coefficient (Wildman–Crippen LogP) is 2.24. The lowest BCUT2D eigenvalue weighted by atomic mass is 10.1. The van der Waals surface area contributed by atoms with Gasteiger partial charge in [-0.1, -0.05) is 30.3 Å². The van der Waals surface area contributed by atoms with Gasteiger partial charge in [-0.25, -0.2) is 0 Å². The largest absolute Gasteiger partial charge is 0.337 e. The Morgan fingerprint density at radius 2 is 2.00 bits per heavy atom. The van der Waals surface area contributed by atoms with Gasteiger partial charge in [0.05, 0.1) is 6.04 Å². The molecule has 1 saturated heterocycles. The third kappa shape index (κ3) is 4.31. The van der Waals surface area contributed by atoms with E-state index in [-0.39, 0.29) is 5.91 Å². The van der Waals surface area contributed by atoms with E-state index in [0.717, 1.165) is 32.5 Å². The molecule has 0 aromatic heterocycles. The fourth-order valence-corrected chi connectivity index (χ4v) is 3.12. The Kier molecular flexibility index (Phi) is 5.98. The van der Waals surface area contributed by atoms with Crippen LogP contribution >= 0.6 is 0 Å². The van der Waals surface area contributed by atoms with Gasteiger partial charge in [-0.3, -0.25) is 9.69 Å². The quantitative estimate of drug-likeness (QED) is 0.877. The maximum Gasteiger partial charge on any atom is 0.239 e. The zero-order chi connectivity index (χ0) is 16.1. The normalized spacial score (nSPS) is 19.9. The predicted molar refractivity (Wildman–Crippen MR) is 90.4 cm³/mol. The standard InChI is InChI=1S/C18H29N3O/c1-14(2)20(12-16-8-5-4-6-9-16)13-17-10-7-11-21(17)18(22)15(3)19/h4-6,8-9,14-15,17H,7,10-13,19H2,1-3H3. The van der Waals surface area contributed by atoms with Crippen LogP contribution in [0.25, 0.3) is 0 Å². The summed E-state index contributed by atoms with van der Waals surface area (Å²) in [5.41, 5.74) is 7.11. The van der Waals surface area contributed by atoms with E-state index in [1.165, 1.54) is 5.56 Å². The van der Waals surface area contributed by atoms with Gasteiger partial charge < -0.3 is 10.6 Å². The summed E-state index contributed by atoms with van der Waals surface area (Å²) in [6.45, 7) is 8.91. The van der Waals surface area contributed by atoms with Gasteiger partial charge >= 0.3 is 0 Å². The number of nitrogens with two attached hydrogens (primary N) is 1. The maximum atomic E-state index is 12.2. The van der Waals surface area contributed by atoms with E-state index in [9.17, 15) is 4.79 Å². The molecule has 2 N–H and O–H groups in total. The fraction of sp³-hybridized carbons (Fsp3) is 0.611. The van der Waals surface area contributed by atoms with Crippen molar-refractivity contribution in [3.05, 3.63) is 35.9 Å². The first-order chi connectivity index (χ1) is 10.5. The van der Waals surface area contributed by atoms with Gasteiger partial charge in [0.15, 0.2) is 0 Å². The van der Waals surface area contributed by atoms with Crippen LogP contribution in [0.4, 0.5) is 0 Å². The number of rotatable bonds is 6. The minimum absolute atomic E-state index is 0.0888. The van der Waals surface area contributed by atoms with Crippen molar-refractivity contribution >= 4 is 5.91 Å². The van der Waals surface area contributed by atoms with Crippen molar-refractivity contribution in [2.24, 2.45) is 5.73 Å². The minimum Gasteiger partial charge on any atom is -0.337 e. The Morgan fingerprint density at radius 1 is 1.32 bits per heavy atom. The molecule has 1 aliphatic rings. The summed E-state index contributed by atoms with van der Waals surface area (Å²) in [5.74, 6) is 0.0888. The molecule has 1 fully saturated rings. The minimum atomic E-state index is -0.401. The van der Waals surface area contributed by atoms with Crippen LogP contribution in [0.3, 0.4) is 0 Å². The second kappa shape index (κ2) is 7.75. The van der Waals surface area contributed by atoms with Crippen molar-refractivity contribution in [2.75, 3.05) is 13.1 Å². The second-order valence-corrected chi connectivity index (χ2v) is 6.63. The van der Waals surface area contributed by atoms with Gasteiger partial charge in [-0.2, -0.15) is 0 Å². The Labute approximate surface area is 134 Å². The van der Waals surface area contributed by atoms with Gasteiger partial charge in [-0.15, -0.1) is 0 Å². The molecule has 0 saturated carbocycles. The van der Waals surface area contributed by atoms with Crippen LogP contribution in [0.1, 0.15) is 39.2 Å². The molecule has 1 amide bonds. The first kappa shape index (κ1) is 17.0. The van der Waals surface area contributed by atoms with Crippen LogP contribution in [0.2, 0.25) is 0 Å². The average molecular weight is 303 g/mol. The summed E-state index contributed by atoms with van der Waals surface area (Å²) < 4.78 is 0. The number of amides is 1. The number of benzene rings is 1. The average Bonchev–Trinajstić information content (AvgIpc) is 2.94. The molecule has 1 aliphatic heterocycles. The molecule has 0 spiro atoms. The zero-order valence-electron chi connectivity index (χ0n) is 14.0. The summed E-state index contributed by atoms with van der Waals surface area (Å²) in [7, 11) is 0. The number of nitrogens with zero attached hydrogens (tertiary/aromatic N) is 2. The highest BCUT2D eigenvalue weighted by Crippen LogP contribution is 2.21. The number of carbonyl (C=O) groups is 1. The molecule has 2 rings (SSSR count). The van der Waals surface area contributed by atoms with Crippen LogP contribution in [0, 0.1) is 0 Å². The number of hydrogen-bond acceptors (Lipinski definition) is 3. The highest BCUT2D eigenvalue weighted by Gasteiger charge is 2.31. The van der Waals surface area contributed by atoms with Crippen LogP contribution in [-0.4, -0.2) is 46.9 Å². The Bertz CT molecular complexity index is 472. The lowest BCUT2D eigenvalue weighted by Crippen LogP contribution is -2.49. The molecule has 2 atom stereocenters. The zero-order valence-corrected chi connectivity index (χ0v) is 14.0. The third-order valence-corrected chi connectivity index (χ3v) is 4.45. The molecule has 22 heavy (non-hydrogen) atoms. The number of carbonyl (C=O) groups excluding carboxylic acids is 1. The maximum absolute atomic E-state index is 12.2. The SMILES string of the molecule is CC(N)C(=O)N1CCCC1CN(Cc1ccccc1)C(C)C. The van der Waals surface area contributed by atoms with Crippen LogP contribution < -0.4 is 5.73 Å². The second-order valence-electron chi connectivity index (χ2n) is 6.63. The molecule has 1 aromatic carbocycles. The van der Waals surface area contributed by atoms with Crippen LogP contribution in [0.5, 0.6) is 0 Å². The fourth-order valence-electron chi connectivity index (χ4n) is 3.12. The van der Waals surface area contributed by atoms with Gasteiger partial charge in [0.2, 0.25) is 5.91 Å². The highest BCUT2D eigenvalue weighted by atomic mass is 16.2. The smallest absolute Gasteiger partial charge is 0.239 e. The van der Waals surface area contributed by atoms with E-state index >= 15 is 0 Å². The molecule has 1 aromatic rings. The Hall–Kier alpha value is -1.39. The third-order valence-electron chi connectivity index (χ3n) is 4.45. The van der Waals surface area contributed by atoms with Crippen molar-refractivity contribution in [1.82, 2.24) is 9.80 Å².